The molecule has 5 radical (unpaired) electrons. The molecule has 0 saturated heterocycles. The van der Waals surface area contributed by atoms with E-state index in [9.17, 15) is 0 Å². The monoisotopic (exact) mass is 647 g/mol. The number of fused-ring (bicyclic) bond motifs is 2. The third-order valence-electron chi connectivity index (χ3n) is 6.06. The number of aryl methyl sites for hydroxylation is 2. The van der Waals surface area contributed by atoms with Gasteiger partial charge in [0.05, 0.1) is 0 Å². The van der Waals surface area contributed by atoms with Gasteiger partial charge in [-0.3, -0.25) is 0 Å². The van der Waals surface area contributed by atoms with Crippen LogP contribution in [0.1, 0.15) is 108 Å². The van der Waals surface area contributed by atoms with Gasteiger partial charge in [0.1, 0.15) is 0 Å². The molecular formula is C34H51Cl2SiZr. The maximum absolute atomic E-state index is 3.25. The first-order valence-electron chi connectivity index (χ1n) is 13.3. The molecule has 0 N–H and O–H groups in total. The Hall–Kier alpha value is -0.660. The van der Waals surface area contributed by atoms with Crippen molar-refractivity contribution < 1.29 is 26.2 Å². The van der Waals surface area contributed by atoms with Crippen molar-refractivity contribution in [3.63, 3.8) is 0 Å². The van der Waals surface area contributed by atoms with Crippen LogP contribution in [0.2, 0.25) is 0 Å². The molecule has 0 fully saturated rings. The summed E-state index contributed by atoms with van der Waals surface area (Å²) in [6, 6.07) is 22.2. The summed E-state index contributed by atoms with van der Waals surface area (Å²) in [6.07, 6.45) is 5.54. The molecule has 0 amide bonds. The number of unbranched alkanes of at least 4 members (excludes halogenated alkanes) is 3. The molecule has 4 aromatic rings. The van der Waals surface area contributed by atoms with Gasteiger partial charge in [-0.05, 0) is 11.8 Å². The zero-order valence-corrected chi connectivity index (χ0v) is 30.4. The van der Waals surface area contributed by atoms with Crippen molar-refractivity contribution in [2.75, 3.05) is 0 Å². The fourth-order valence-electron chi connectivity index (χ4n) is 4.32. The topological polar surface area (TPSA) is 0 Å². The molecule has 0 spiro atoms. The molecule has 0 heterocycles. The Balaban J connectivity index is -0.000000222. The average molecular weight is 650 g/mol. The van der Waals surface area contributed by atoms with Gasteiger partial charge in [-0.15, -0.1) is 93.9 Å². The number of halogens is 2. The van der Waals surface area contributed by atoms with E-state index >= 15 is 0 Å². The van der Waals surface area contributed by atoms with Crippen LogP contribution in [0.25, 0.3) is 21.5 Å². The van der Waals surface area contributed by atoms with Crippen LogP contribution in [0, 0.1) is 20.8 Å². The van der Waals surface area contributed by atoms with Gasteiger partial charge in [0.15, 0.2) is 0 Å². The fourth-order valence-corrected chi connectivity index (χ4v) is 4.32. The zero-order chi connectivity index (χ0) is 25.7. The van der Waals surface area contributed by atoms with E-state index in [1.165, 1.54) is 69.5 Å². The standard InChI is InChI=1S/2C13H15.C6H14.C2H5.2ClH.Si.Zr/c2*1-9(2)12-6-4-5-11-7-10(3)8-13(11)12;1-3-5-6-4-2;1-2;;;;/h2*4-9H,1-3H3;3-6H2,1-2H3;1H2,2H3;2*1H;;/q2*-1;;-1;;;;+3. The Morgan fingerprint density at radius 2 is 0.974 bits per heavy atom. The van der Waals surface area contributed by atoms with E-state index in [0.29, 0.717) is 11.8 Å². The Morgan fingerprint density at radius 1 is 0.658 bits per heavy atom. The summed E-state index contributed by atoms with van der Waals surface area (Å²) in [7, 11) is 0. The van der Waals surface area contributed by atoms with Crippen LogP contribution < -0.4 is 0 Å². The first kappa shape index (κ1) is 44.4. The molecule has 4 heteroatoms. The van der Waals surface area contributed by atoms with Crippen molar-refractivity contribution in [1.82, 2.24) is 0 Å². The van der Waals surface area contributed by atoms with Gasteiger partial charge in [-0.1, -0.05) is 104 Å². The molecule has 0 bridgehead atoms. The third-order valence-corrected chi connectivity index (χ3v) is 6.06. The molecule has 4 rings (SSSR count). The van der Waals surface area contributed by atoms with Gasteiger partial charge in [0, 0.05) is 11.0 Å². The van der Waals surface area contributed by atoms with E-state index in [1.807, 2.05) is 0 Å². The smallest absolute Gasteiger partial charge is 0.346 e. The van der Waals surface area contributed by atoms with Gasteiger partial charge in [0.25, 0.3) is 0 Å². The number of benzene rings is 2. The van der Waals surface area contributed by atoms with Crippen molar-refractivity contribution >= 4 is 57.3 Å². The second-order valence-electron chi connectivity index (χ2n) is 9.78. The quantitative estimate of drug-likeness (QED) is 0.115. The molecule has 209 valence electrons. The van der Waals surface area contributed by atoms with Gasteiger partial charge in [-0.25, -0.2) is 0 Å². The minimum absolute atomic E-state index is 0. The molecule has 0 aliphatic heterocycles. The Morgan fingerprint density at radius 3 is 1.24 bits per heavy atom. The second kappa shape index (κ2) is 24.2. The van der Waals surface area contributed by atoms with Crippen LogP contribution in [0.3, 0.4) is 0 Å². The summed E-state index contributed by atoms with van der Waals surface area (Å²) in [5.41, 5.74) is 5.66. The maximum atomic E-state index is 3.25. The van der Waals surface area contributed by atoms with Crippen LogP contribution in [0.5, 0.6) is 0 Å². The molecule has 0 saturated carbocycles. The van der Waals surface area contributed by atoms with Crippen molar-refractivity contribution in [3.8, 4) is 0 Å². The number of hydrogen-bond donors (Lipinski definition) is 0. The van der Waals surface area contributed by atoms with Crippen LogP contribution in [-0.4, -0.2) is 11.0 Å². The summed E-state index contributed by atoms with van der Waals surface area (Å²) < 4.78 is 0. The summed E-state index contributed by atoms with van der Waals surface area (Å²) in [4.78, 5) is 0. The molecule has 4 aromatic carbocycles. The molecule has 0 aliphatic rings. The van der Waals surface area contributed by atoms with Crippen LogP contribution in [0.15, 0.2) is 60.7 Å². The predicted molar refractivity (Wildman–Crippen MR) is 178 cm³/mol. The van der Waals surface area contributed by atoms with Gasteiger partial charge < -0.3 is 6.92 Å². The summed E-state index contributed by atoms with van der Waals surface area (Å²) in [6.45, 7) is 22.8. The van der Waals surface area contributed by atoms with Crippen molar-refractivity contribution in [2.24, 2.45) is 0 Å². The van der Waals surface area contributed by atoms with E-state index in [0.717, 1.165) is 0 Å². The van der Waals surface area contributed by atoms with Crippen LogP contribution in [0.4, 0.5) is 0 Å². The van der Waals surface area contributed by atoms with E-state index < -0.39 is 0 Å². The molecule has 38 heavy (non-hydrogen) atoms. The van der Waals surface area contributed by atoms with Crippen molar-refractivity contribution in [2.45, 2.75) is 99.8 Å². The molecule has 0 aromatic heterocycles. The molecular weight excluding hydrogens is 599 g/mol. The zero-order valence-electron chi connectivity index (χ0n) is 25.3. The summed E-state index contributed by atoms with van der Waals surface area (Å²) in [5.74, 6) is 1.23. The predicted octanol–water partition coefficient (Wildman–Crippen LogP) is 11.9. The third kappa shape index (κ3) is 14.1. The summed E-state index contributed by atoms with van der Waals surface area (Å²) >= 11 is 0. The Labute approximate surface area is 271 Å². The Bertz CT molecular complexity index is 1000. The van der Waals surface area contributed by atoms with E-state index in [-0.39, 0.29) is 62.0 Å². The molecule has 0 atom stereocenters. The SMILES string of the molecule is CCCCCC.Cc1cc2c(C(C)C)cccc2[cH-]1.Cc1cc2c(C(C)C)cccc2[cH-]1.Cl.Cl.[CH2-]C.[Si].[Zr+3]. The first-order chi connectivity index (χ1) is 16.3. The second-order valence-corrected chi connectivity index (χ2v) is 9.78. The number of rotatable bonds is 5. The summed E-state index contributed by atoms with van der Waals surface area (Å²) in [5, 5.41) is 5.61. The molecule has 0 nitrogen and oxygen atoms in total. The first-order valence-corrected chi connectivity index (χ1v) is 13.3. The van der Waals surface area contributed by atoms with Gasteiger partial charge >= 0.3 is 26.2 Å². The van der Waals surface area contributed by atoms with Crippen LogP contribution >= 0.6 is 24.8 Å². The minimum Gasteiger partial charge on any atom is -0.346 e. The maximum Gasteiger partial charge on any atom is 3.00 e. The van der Waals surface area contributed by atoms with Gasteiger partial charge in [-0.2, -0.15) is 19.1 Å². The largest absolute Gasteiger partial charge is 3.00 e. The molecule has 0 aliphatic carbocycles. The minimum atomic E-state index is 0. The number of hydrogen-bond acceptors (Lipinski definition) is 0. The van der Waals surface area contributed by atoms with Gasteiger partial charge in [0.2, 0.25) is 0 Å². The van der Waals surface area contributed by atoms with Crippen molar-refractivity contribution in [3.05, 3.63) is 89.8 Å². The Kier molecular flexibility index (Phi) is 28.2. The van der Waals surface area contributed by atoms with E-state index in [4.69, 9.17) is 0 Å². The van der Waals surface area contributed by atoms with Crippen LogP contribution in [-0.2, 0) is 26.2 Å². The fraction of sp³-hybridized carbons (Fsp3) is 0.441. The average Bonchev–Trinajstić information content (AvgIpc) is 3.39. The normalized spacial score (nSPS) is 9.37. The van der Waals surface area contributed by atoms with Crippen molar-refractivity contribution in [1.29, 1.82) is 0 Å². The molecule has 0 unspecified atom stereocenters. The van der Waals surface area contributed by atoms with E-state index in [1.54, 1.807) is 6.92 Å². The van der Waals surface area contributed by atoms with E-state index in [2.05, 4.69) is 123 Å².